The fourth-order valence-electron chi connectivity index (χ4n) is 2.52. The normalized spacial score (nSPS) is 17.2. The highest BCUT2D eigenvalue weighted by atomic mass is 16.5. The lowest BCUT2D eigenvalue weighted by Gasteiger charge is -2.30. The molecule has 0 atom stereocenters. The molecule has 2 rings (SSSR count). The van der Waals surface area contributed by atoms with Crippen molar-refractivity contribution >= 4 is 5.97 Å². The Morgan fingerprint density at radius 2 is 2.05 bits per heavy atom. The maximum Gasteiger partial charge on any atom is 0.308 e. The third-order valence-electron chi connectivity index (χ3n) is 3.66. The first kappa shape index (κ1) is 13.9. The summed E-state index contributed by atoms with van der Waals surface area (Å²) in [5.74, 6) is 0.898. The van der Waals surface area contributed by atoms with Crippen molar-refractivity contribution in [1.82, 2.24) is 4.90 Å². The van der Waals surface area contributed by atoms with Gasteiger partial charge >= 0.3 is 5.97 Å². The molecule has 0 radical (unpaired) electrons. The Morgan fingerprint density at radius 3 is 2.68 bits per heavy atom. The maximum absolute atomic E-state index is 11.5. The lowest BCUT2D eigenvalue weighted by Crippen LogP contribution is -2.36. The van der Waals surface area contributed by atoms with Gasteiger partial charge in [0.05, 0.1) is 20.1 Å². The van der Waals surface area contributed by atoms with E-state index in [1.807, 2.05) is 12.1 Å². The Hall–Kier alpha value is -1.55. The van der Waals surface area contributed by atoms with Crippen molar-refractivity contribution < 1.29 is 14.3 Å². The van der Waals surface area contributed by atoms with Gasteiger partial charge in [0.2, 0.25) is 0 Å². The van der Waals surface area contributed by atoms with Gasteiger partial charge in [-0.25, -0.2) is 0 Å². The molecule has 0 N–H and O–H groups in total. The molecule has 0 saturated carbocycles. The molecule has 4 heteroatoms. The van der Waals surface area contributed by atoms with Crippen molar-refractivity contribution in [2.75, 3.05) is 27.3 Å². The van der Waals surface area contributed by atoms with Crippen molar-refractivity contribution in [2.45, 2.75) is 19.4 Å². The molecular formula is C15H21NO3. The first-order chi connectivity index (χ1) is 9.22. The van der Waals surface area contributed by atoms with E-state index >= 15 is 0 Å². The Bertz CT molecular complexity index is 425. The van der Waals surface area contributed by atoms with E-state index in [0.717, 1.165) is 38.2 Å². The molecule has 1 aromatic rings. The average molecular weight is 263 g/mol. The number of likely N-dealkylation sites (tertiary alicyclic amines) is 1. The van der Waals surface area contributed by atoms with E-state index in [1.54, 1.807) is 7.11 Å². The highest BCUT2D eigenvalue weighted by Gasteiger charge is 2.25. The van der Waals surface area contributed by atoms with Crippen LogP contribution in [0.15, 0.2) is 24.3 Å². The zero-order valence-corrected chi connectivity index (χ0v) is 11.6. The Labute approximate surface area is 114 Å². The summed E-state index contributed by atoms with van der Waals surface area (Å²) < 4.78 is 10.0. The number of benzene rings is 1. The molecule has 19 heavy (non-hydrogen) atoms. The predicted molar refractivity (Wildman–Crippen MR) is 73.0 cm³/mol. The number of rotatable bonds is 4. The number of ether oxygens (including phenoxy) is 2. The molecule has 0 spiro atoms. The van der Waals surface area contributed by atoms with Gasteiger partial charge in [-0.05, 0) is 43.6 Å². The lowest BCUT2D eigenvalue weighted by molar-refractivity contribution is -0.147. The summed E-state index contributed by atoms with van der Waals surface area (Å²) in [6, 6.07) is 8.13. The number of esters is 1. The SMILES string of the molecule is COC(=O)C1CCN(Cc2cccc(OC)c2)CC1. The Kier molecular flexibility index (Phi) is 4.80. The third kappa shape index (κ3) is 3.70. The summed E-state index contributed by atoms with van der Waals surface area (Å²) in [6.45, 7) is 2.79. The Morgan fingerprint density at radius 1 is 1.32 bits per heavy atom. The van der Waals surface area contributed by atoms with Crippen LogP contribution in [-0.4, -0.2) is 38.2 Å². The molecule has 1 heterocycles. The van der Waals surface area contributed by atoms with Crippen molar-refractivity contribution in [1.29, 1.82) is 0 Å². The third-order valence-corrected chi connectivity index (χ3v) is 3.66. The predicted octanol–water partition coefficient (Wildman–Crippen LogP) is 2.08. The highest BCUT2D eigenvalue weighted by Crippen LogP contribution is 2.21. The van der Waals surface area contributed by atoms with Crippen molar-refractivity contribution in [3.8, 4) is 5.75 Å². The van der Waals surface area contributed by atoms with Gasteiger partial charge in [0.1, 0.15) is 5.75 Å². The largest absolute Gasteiger partial charge is 0.497 e. The van der Waals surface area contributed by atoms with E-state index < -0.39 is 0 Å². The van der Waals surface area contributed by atoms with Gasteiger partial charge in [-0.15, -0.1) is 0 Å². The van der Waals surface area contributed by atoms with Crippen LogP contribution in [0.2, 0.25) is 0 Å². The van der Waals surface area contributed by atoms with Gasteiger partial charge in [0.15, 0.2) is 0 Å². The van der Waals surface area contributed by atoms with Crippen LogP contribution < -0.4 is 4.74 Å². The number of carbonyl (C=O) groups is 1. The molecule has 1 saturated heterocycles. The van der Waals surface area contributed by atoms with Gasteiger partial charge in [-0.1, -0.05) is 12.1 Å². The van der Waals surface area contributed by atoms with E-state index in [0.29, 0.717) is 0 Å². The minimum Gasteiger partial charge on any atom is -0.497 e. The van der Waals surface area contributed by atoms with Crippen LogP contribution in [0.4, 0.5) is 0 Å². The van der Waals surface area contributed by atoms with Gasteiger partial charge in [0, 0.05) is 6.54 Å². The van der Waals surface area contributed by atoms with Crippen LogP contribution in [-0.2, 0) is 16.1 Å². The number of hydrogen-bond acceptors (Lipinski definition) is 4. The summed E-state index contributed by atoms with van der Waals surface area (Å²) >= 11 is 0. The minimum atomic E-state index is -0.0685. The molecule has 1 fully saturated rings. The molecule has 0 bridgehead atoms. The molecule has 1 aliphatic heterocycles. The monoisotopic (exact) mass is 263 g/mol. The van der Waals surface area contributed by atoms with Crippen molar-refractivity contribution in [2.24, 2.45) is 5.92 Å². The molecular weight excluding hydrogens is 242 g/mol. The second kappa shape index (κ2) is 6.57. The number of piperidine rings is 1. The second-order valence-corrected chi connectivity index (χ2v) is 4.93. The molecule has 0 unspecified atom stereocenters. The van der Waals surface area contributed by atoms with E-state index in [-0.39, 0.29) is 11.9 Å². The smallest absolute Gasteiger partial charge is 0.308 e. The van der Waals surface area contributed by atoms with E-state index in [1.165, 1.54) is 12.7 Å². The zero-order valence-electron chi connectivity index (χ0n) is 11.6. The Balaban J connectivity index is 1.86. The van der Waals surface area contributed by atoms with Crippen molar-refractivity contribution in [3.05, 3.63) is 29.8 Å². The van der Waals surface area contributed by atoms with Gasteiger partial charge in [-0.2, -0.15) is 0 Å². The quantitative estimate of drug-likeness (QED) is 0.780. The molecule has 0 aliphatic carbocycles. The van der Waals surface area contributed by atoms with Crippen LogP contribution >= 0.6 is 0 Å². The summed E-state index contributed by atoms with van der Waals surface area (Å²) in [4.78, 5) is 13.8. The maximum atomic E-state index is 11.5. The summed E-state index contributed by atoms with van der Waals surface area (Å²) in [7, 11) is 3.14. The fourth-order valence-corrected chi connectivity index (χ4v) is 2.52. The lowest BCUT2D eigenvalue weighted by atomic mass is 9.96. The van der Waals surface area contributed by atoms with Crippen LogP contribution in [0.3, 0.4) is 0 Å². The van der Waals surface area contributed by atoms with Gasteiger partial charge in [0.25, 0.3) is 0 Å². The molecule has 104 valence electrons. The number of nitrogens with zero attached hydrogens (tertiary/aromatic N) is 1. The number of carbonyl (C=O) groups excluding carboxylic acids is 1. The second-order valence-electron chi connectivity index (χ2n) is 4.93. The summed E-state index contributed by atoms with van der Waals surface area (Å²) in [5, 5.41) is 0. The first-order valence-electron chi connectivity index (χ1n) is 6.66. The van der Waals surface area contributed by atoms with Crippen LogP contribution in [0, 0.1) is 5.92 Å². The molecule has 0 amide bonds. The molecule has 1 aromatic carbocycles. The average Bonchev–Trinajstić information content (AvgIpc) is 2.47. The molecule has 1 aliphatic rings. The summed E-state index contributed by atoms with van der Waals surface area (Å²) in [6.07, 6.45) is 1.77. The highest BCUT2D eigenvalue weighted by molar-refractivity contribution is 5.72. The van der Waals surface area contributed by atoms with Gasteiger partial charge < -0.3 is 9.47 Å². The molecule has 4 nitrogen and oxygen atoms in total. The first-order valence-corrected chi connectivity index (χ1v) is 6.66. The standard InChI is InChI=1S/C15H21NO3/c1-18-14-5-3-4-12(10-14)11-16-8-6-13(7-9-16)15(17)19-2/h3-5,10,13H,6-9,11H2,1-2H3. The number of hydrogen-bond donors (Lipinski definition) is 0. The number of methoxy groups -OCH3 is 2. The van der Waals surface area contributed by atoms with Crippen LogP contribution in [0.1, 0.15) is 18.4 Å². The van der Waals surface area contributed by atoms with Crippen molar-refractivity contribution in [3.63, 3.8) is 0 Å². The minimum absolute atomic E-state index is 0.0685. The van der Waals surface area contributed by atoms with Crippen LogP contribution in [0.25, 0.3) is 0 Å². The molecule has 0 aromatic heterocycles. The van der Waals surface area contributed by atoms with E-state index in [4.69, 9.17) is 9.47 Å². The summed E-state index contributed by atoms with van der Waals surface area (Å²) in [5.41, 5.74) is 1.25. The van der Waals surface area contributed by atoms with Crippen LogP contribution in [0.5, 0.6) is 5.75 Å². The fraction of sp³-hybridized carbons (Fsp3) is 0.533. The van der Waals surface area contributed by atoms with Gasteiger partial charge in [-0.3, -0.25) is 9.69 Å². The zero-order chi connectivity index (χ0) is 13.7. The topological polar surface area (TPSA) is 38.8 Å². The van der Waals surface area contributed by atoms with E-state index in [9.17, 15) is 4.79 Å². The van der Waals surface area contributed by atoms with E-state index in [2.05, 4.69) is 17.0 Å².